The summed E-state index contributed by atoms with van der Waals surface area (Å²) in [6, 6.07) is 49.1. The van der Waals surface area contributed by atoms with Crippen LogP contribution in [-0.4, -0.2) is 34.9 Å². The van der Waals surface area contributed by atoms with Crippen LogP contribution in [-0.2, 0) is 31.3 Å². The van der Waals surface area contributed by atoms with Gasteiger partial charge in [0.2, 0.25) is 0 Å². The fourth-order valence-electron chi connectivity index (χ4n) is 7.60. The first-order valence-corrected chi connectivity index (χ1v) is 17.8. The van der Waals surface area contributed by atoms with Crippen LogP contribution in [0.15, 0.2) is 140 Å². The molecule has 8 heteroatoms. The topological polar surface area (TPSA) is 80.6 Å². The van der Waals surface area contributed by atoms with E-state index in [1.807, 2.05) is 4.63 Å². The lowest BCUT2D eigenvalue weighted by molar-refractivity contribution is -0.779. The van der Waals surface area contributed by atoms with E-state index in [9.17, 15) is 0 Å². The van der Waals surface area contributed by atoms with Gasteiger partial charge in [0.25, 0.3) is 0 Å². The largest absolute Gasteiger partial charge is 0.334 e. The van der Waals surface area contributed by atoms with Gasteiger partial charge >= 0.3 is 5.82 Å². The minimum atomic E-state index is -0.783. The third-order valence-electron chi connectivity index (χ3n) is 9.97. The van der Waals surface area contributed by atoms with Crippen LogP contribution >= 0.6 is 0 Å². The first kappa shape index (κ1) is 32.1. The van der Waals surface area contributed by atoms with E-state index in [1.165, 1.54) is 16.8 Å². The van der Waals surface area contributed by atoms with Crippen LogP contribution in [0.2, 0.25) is 0 Å². The van der Waals surface area contributed by atoms with Crippen LogP contribution < -0.4 is 4.68 Å². The van der Waals surface area contributed by atoms with Gasteiger partial charge in [0.05, 0.1) is 12.1 Å². The second-order valence-electron chi connectivity index (χ2n) is 12.8. The van der Waals surface area contributed by atoms with Gasteiger partial charge in [-0.05, 0) is 35.6 Å². The third-order valence-corrected chi connectivity index (χ3v) is 9.97. The molecule has 51 heavy (non-hydrogen) atoms. The van der Waals surface area contributed by atoms with Crippen LogP contribution in [0.3, 0.4) is 0 Å². The molecular formula is C43H41N8+. The summed E-state index contributed by atoms with van der Waals surface area (Å²) in [6.45, 7) is 7.23. The molecule has 1 N–H and O–H groups in total. The molecule has 8 rings (SSSR count). The molecule has 0 saturated carbocycles. The van der Waals surface area contributed by atoms with E-state index in [0.717, 1.165) is 69.9 Å². The number of fused-ring (bicyclic) bond motifs is 1. The molecule has 0 spiro atoms. The quantitative estimate of drug-likeness (QED) is 0.112. The van der Waals surface area contributed by atoms with Crippen molar-refractivity contribution in [2.24, 2.45) is 0 Å². The van der Waals surface area contributed by atoms with Crippen molar-refractivity contribution in [2.75, 3.05) is 0 Å². The minimum Gasteiger partial charge on any atom is -0.263 e. The molecule has 0 fully saturated rings. The molecule has 0 amide bonds. The number of aryl methyl sites for hydroxylation is 2. The van der Waals surface area contributed by atoms with Crippen LogP contribution in [0.25, 0.3) is 28.2 Å². The Kier molecular flexibility index (Phi) is 8.57. The van der Waals surface area contributed by atoms with E-state index in [4.69, 9.17) is 15.2 Å². The molecular weight excluding hydrogens is 629 g/mol. The standard InChI is InChI=1S/C43H40N8/c1-4-36-39(5-2)49(51-41(36)44-40(6-3)46-51)30-31-26-28-32(29-27-31)37-24-16-17-25-38(37)42-45-47-48-50(42)43(33-18-10-7-11-19-33,34-20-12-8-13-21-34)35-22-14-9-15-23-35/h7-29H,4-6,30H2,1-3H3/p+1. The Morgan fingerprint density at radius 1 is 0.627 bits per heavy atom. The van der Waals surface area contributed by atoms with Gasteiger partial charge in [-0.15, -0.1) is 9.78 Å². The predicted octanol–water partition coefficient (Wildman–Crippen LogP) is 7.85. The lowest BCUT2D eigenvalue weighted by Crippen LogP contribution is -2.61. The second-order valence-corrected chi connectivity index (χ2v) is 12.8. The summed E-state index contributed by atoms with van der Waals surface area (Å²) >= 11 is 0. The molecule has 8 aromatic rings. The maximum Gasteiger partial charge on any atom is 0.334 e. The highest BCUT2D eigenvalue weighted by Crippen LogP contribution is 2.38. The number of aromatic nitrogens is 8. The Morgan fingerprint density at radius 2 is 1.20 bits per heavy atom. The van der Waals surface area contributed by atoms with E-state index >= 15 is 0 Å². The number of nitrogens with one attached hydrogen (secondary N) is 1. The molecule has 0 aliphatic carbocycles. The normalized spacial score (nSPS) is 11.7. The molecule has 3 heterocycles. The molecule has 5 aromatic carbocycles. The highest BCUT2D eigenvalue weighted by atomic mass is 15.6. The van der Waals surface area contributed by atoms with Crippen LogP contribution in [0.4, 0.5) is 0 Å². The molecule has 0 bridgehead atoms. The fraction of sp³-hybridized carbons (Fsp3) is 0.186. The summed E-state index contributed by atoms with van der Waals surface area (Å²) < 4.78 is 6.43. The molecule has 0 aliphatic rings. The summed E-state index contributed by atoms with van der Waals surface area (Å²) in [5.74, 6) is 1.61. The van der Waals surface area contributed by atoms with Crippen molar-refractivity contribution < 1.29 is 4.68 Å². The van der Waals surface area contributed by atoms with E-state index in [1.54, 1.807) is 0 Å². The fourth-order valence-corrected chi connectivity index (χ4v) is 7.60. The van der Waals surface area contributed by atoms with Gasteiger partial charge in [0, 0.05) is 34.4 Å². The molecule has 252 valence electrons. The van der Waals surface area contributed by atoms with Gasteiger partial charge in [-0.3, -0.25) is 4.68 Å². The minimum absolute atomic E-state index is 0.713. The van der Waals surface area contributed by atoms with E-state index < -0.39 is 5.54 Å². The van der Waals surface area contributed by atoms with Crippen molar-refractivity contribution in [3.63, 3.8) is 0 Å². The first-order valence-electron chi connectivity index (χ1n) is 17.8. The van der Waals surface area contributed by atoms with Crippen molar-refractivity contribution >= 4 is 5.65 Å². The summed E-state index contributed by atoms with van der Waals surface area (Å²) in [6.07, 6.45) is 2.67. The SMILES string of the molecule is CCc1nc2c(CC)c(CC)n(Cc3ccc(-c4ccccc4-c4nn[nH][n+]4C(c4ccccc4)(c4ccccc4)c4ccccc4)cc3)n2n1. The van der Waals surface area contributed by atoms with Crippen LogP contribution in [0.1, 0.15) is 60.1 Å². The van der Waals surface area contributed by atoms with Gasteiger partial charge < -0.3 is 0 Å². The number of nitrogens with zero attached hydrogens (tertiary/aromatic N) is 7. The Morgan fingerprint density at radius 3 is 1.75 bits per heavy atom. The third kappa shape index (κ3) is 5.44. The zero-order chi connectivity index (χ0) is 34.8. The highest BCUT2D eigenvalue weighted by molar-refractivity contribution is 5.79. The molecule has 3 aromatic heterocycles. The van der Waals surface area contributed by atoms with Crippen molar-refractivity contribution in [3.05, 3.63) is 179 Å². The number of H-pyrrole nitrogens is 1. The second kappa shape index (κ2) is 13.6. The predicted molar refractivity (Wildman–Crippen MR) is 200 cm³/mol. The Labute approximate surface area is 298 Å². The molecule has 0 radical (unpaired) electrons. The molecule has 0 atom stereocenters. The lowest BCUT2D eigenvalue weighted by Gasteiger charge is -2.33. The van der Waals surface area contributed by atoms with E-state index in [-0.39, 0.29) is 0 Å². The summed E-state index contributed by atoms with van der Waals surface area (Å²) in [5.41, 5.74) is 10.4. The van der Waals surface area contributed by atoms with Gasteiger partial charge in [-0.25, -0.2) is 4.98 Å². The van der Waals surface area contributed by atoms with E-state index in [2.05, 4.69) is 180 Å². The summed E-state index contributed by atoms with van der Waals surface area (Å²) in [5, 5.41) is 17.4. The number of aromatic amines is 1. The number of tetrazole rings is 1. The lowest BCUT2D eigenvalue weighted by atomic mass is 9.77. The highest BCUT2D eigenvalue weighted by Gasteiger charge is 2.46. The summed E-state index contributed by atoms with van der Waals surface area (Å²) in [4.78, 5) is 4.86. The summed E-state index contributed by atoms with van der Waals surface area (Å²) in [7, 11) is 0. The average Bonchev–Trinajstić information content (AvgIpc) is 3.92. The zero-order valence-electron chi connectivity index (χ0n) is 29.2. The molecule has 8 nitrogen and oxygen atoms in total. The zero-order valence-corrected chi connectivity index (χ0v) is 29.2. The maximum atomic E-state index is 4.86. The Hall–Kier alpha value is -6.15. The van der Waals surface area contributed by atoms with Gasteiger partial charge in [0.1, 0.15) is 5.10 Å². The van der Waals surface area contributed by atoms with Crippen molar-refractivity contribution in [1.82, 2.24) is 34.9 Å². The Bertz CT molecular complexity index is 2290. The average molecular weight is 670 g/mol. The van der Waals surface area contributed by atoms with Crippen molar-refractivity contribution in [2.45, 2.75) is 52.1 Å². The van der Waals surface area contributed by atoms with Gasteiger partial charge in [-0.2, -0.15) is 4.63 Å². The maximum absolute atomic E-state index is 4.86. The number of rotatable bonds is 11. The molecule has 0 aliphatic heterocycles. The number of hydrogen-bond donors (Lipinski definition) is 1. The van der Waals surface area contributed by atoms with Crippen LogP contribution in [0.5, 0.6) is 0 Å². The number of hydrogen-bond acceptors (Lipinski definition) is 4. The van der Waals surface area contributed by atoms with Crippen LogP contribution in [0, 0.1) is 0 Å². The monoisotopic (exact) mass is 669 g/mol. The van der Waals surface area contributed by atoms with Crippen molar-refractivity contribution in [1.29, 1.82) is 0 Å². The van der Waals surface area contributed by atoms with Gasteiger partial charge in [0.15, 0.2) is 22.2 Å². The van der Waals surface area contributed by atoms with Crippen molar-refractivity contribution in [3.8, 4) is 22.5 Å². The molecule has 0 unspecified atom stereocenters. The van der Waals surface area contributed by atoms with Gasteiger partial charge in [-0.1, -0.05) is 159 Å². The molecule has 0 saturated heterocycles. The van der Waals surface area contributed by atoms with E-state index in [0.29, 0.717) is 6.54 Å². The number of benzene rings is 5. The Balaban J connectivity index is 1.24. The smallest absolute Gasteiger partial charge is 0.263 e. The first-order chi connectivity index (χ1) is 25.2.